The summed E-state index contributed by atoms with van der Waals surface area (Å²) >= 11 is 0. The third-order valence-electron chi connectivity index (χ3n) is 0.553. The number of carbonyl (C=O) groups is 2. The predicted octanol–water partition coefficient (Wildman–Crippen LogP) is -1.63. The average molecular weight is 168 g/mol. The molecule has 0 atom stereocenters. The number of carboxylic acid groups (broad SMARTS) is 2. The third-order valence-corrected chi connectivity index (χ3v) is 0.553. The van der Waals surface area contributed by atoms with E-state index < -0.39 is 11.9 Å². The minimum atomic E-state index is -1.08. The van der Waals surface area contributed by atoms with Gasteiger partial charge in [-0.2, -0.15) is 0 Å². The van der Waals surface area contributed by atoms with Gasteiger partial charge in [-0.05, 0) is 0 Å². The van der Waals surface area contributed by atoms with E-state index in [9.17, 15) is 9.59 Å². The Bertz CT molecular complexity index is 102. The van der Waals surface area contributed by atoms with Crippen LogP contribution in [0, 0.1) is 0 Å². The number of rotatable bonds is 3. The molecule has 0 aliphatic rings. The van der Waals surface area contributed by atoms with Crippen LogP contribution in [-0.2, 0) is 9.59 Å². The van der Waals surface area contributed by atoms with Crippen LogP contribution in [0.5, 0.6) is 0 Å². The van der Waals surface area contributed by atoms with Gasteiger partial charge in [0, 0.05) is 0 Å². The fourth-order valence-electron chi connectivity index (χ4n) is 0.214. The standard InChI is InChI=1S/C4H6O4.Mg.Na.3H/c5-3(6)1-2-4(7)8;;;;;/h1-2H2,(H,5,6)(H,7,8);;;;;. The quantitative estimate of drug-likeness (QED) is 0.496. The summed E-state index contributed by atoms with van der Waals surface area (Å²) < 4.78 is 0. The Morgan fingerprint density at radius 2 is 1.20 bits per heavy atom. The molecule has 0 bridgehead atoms. The Morgan fingerprint density at radius 3 is 1.30 bits per heavy atom. The first-order valence-electron chi connectivity index (χ1n) is 2.06. The second kappa shape index (κ2) is 9.71. The fraction of sp³-hybridized carbons (Fsp3) is 0.500. The van der Waals surface area contributed by atoms with Gasteiger partial charge < -0.3 is 10.2 Å². The second-order valence-corrected chi connectivity index (χ2v) is 1.29. The molecule has 10 heavy (non-hydrogen) atoms. The molecule has 0 spiro atoms. The maximum absolute atomic E-state index is 9.64. The van der Waals surface area contributed by atoms with Gasteiger partial charge in [-0.15, -0.1) is 0 Å². The van der Waals surface area contributed by atoms with Crippen molar-refractivity contribution < 1.29 is 19.8 Å². The van der Waals surface area contributed by atoms with Crippen LogP contribution in [0.4, 0.5) is 0 Å². The van der Waals surface area contributed by atoms with Crippen molar-refractivity contribution in [2.45, 2.75) is 12.8 Å². The molecule has 0 radical (unpaired) electrons. The first-order valence-corrected chi connectivity index (χ1v) is 2.06. The van der Waals surface area contributed by atoms with Crippen molar-refractivity contribution in [1.82, 2.24) is 0 Å². The van der Waals surface area contributed by atoms with Crippen molar-refractivity contribution in [3.05, 3.63) is 0 Å². The van der Waals surface area contributed by atoms with Gasteiger partial charge in [0.2, 0.25) is 0 Å². The molecule has 0 rings (SSSR count). The van der Waals surface area contributed by atoms with E-state index in [1.807, 2.05) is 0 Å². The van der Waals surface area contributed by atoms with Crippen molar-refractivity contribution in [1.29, 1.82) is 0 Å². The first kappa shape index (κ1) is 17.0. The van der Waals surface area contributed by atoms with Crippen LogP contribution in [0.3, 0.4) is 0 Å². The van der Waals surface area contributed by atoms with Crippen LogP contribution >= 0.6 is 0 Å². The summed E-state index contributed by atoms with van der Waals surface area (Å²) in [6.45, 7) is 0. The molecular formula is C4H9MgNaO4. The van der Waals surface area contributed by atoms with E-state index in [0.29, 0.717) is 0 Å². The van der Waals surface area contributed by atoms with E-state index in [4.69, 9.17) is 10.2 Å². The first-order chi connectivity index (χ1) is 3.63. The van der Waals surface area contributed by atoms with Crippen LogP contribution < -0.4 is 0 Å². The molecule has 0 saturated heterocycles. The van der Waals surface area contributed by atoms with Crippen LogP contribution in [0.25, 0.3) is 0 Å². The summed E-state index contributed by atoms with van der Waals surface area (Å²) in [5, 5.41) is 15.8. The van der Waals surface area contributed by atoms with Crippen LogP contribution in [-0.4, -0.2) is 74.8 Å². The molecule has 0 aromatic rings. The van der Waals surface area contributed by atoms with E-state index in [-0.39, 0.29) is 65.5 Å². The minimum absolute atomic E-state index is 0. The molecule has 6 heteroatoms. The molecule has 0 aromatic heterocycles. The van der Waals surface area contributed by atoms with Gasteiger partial charge in [0.05, 0.1) is 12.8 Å². The van der Waals surface area contributed by atoms with Crippen LogP contribution in [0.1, 0.15) is 12.8 Å². The van der Waals surface area contributed by atoms with E-state index in [1.54, 1.807) is 0 Å². The molecule has 0 aliphatic carbocycles. The van der Waals surface area contributed by atoms with Gasteiger partial charge in [0.15, 0.2) is 0 Å². The summed E-state index contributed by atoms with van der Waals surface area (Å²) in [5.74, 6) is -2.15. The fourth-order valence-corrected chi connectivity index (χ4v) is 0.214. The molecule has 4 nitrogen and oxygen atoms in total. The Labute approximate surface area is 96.4 Å². The summed E-state index contributed by atoms with van der Waals surface area (Å²) in [4.78, 5) is 19.3. The average Bonchev–Trinajstić information content (AvgIpc) is 1.61. The Kier molecular flexibility index (Phi) is 16.5. The summed E-state index contributed by atoms with van der Waals surface area (Å²) in [6, 6.07) is 0. The van der Waals surface area contributed by atoms with Crippen molar-refractivity contribution in [3.8, 4) is 0 Å². The number of hydrogen-bond acceptors (Lipinski definition) is 2. The summed E-state index contributed by atoms with van der Waals surface area (Å²) in [6.07, 6.45) is -0.593. The zero-order valence-electron chi connectivity index (χ0n) is 4.13. The SMILES string of the molecule is O=C(O)CCC(=O)O.[MgH2].[NaH]. The predicted molar refractivity (Wildman–Crippen MR) is 40.2 cm³/mol. The maximum atomic E-state index is 9.64. The van der Waals surface area contributed by atoms with Crippen LogP contribution in [0.2, 0.25) is 0 Å². The molecule has 0 fully saturated rings. The van der Waals surface area contributed by atoms with Crippen molar-refractivity contribution in [2.24, 2.45) is 0 Å². The molecule has 0 amide bonds. The molecule has 52 valence electrons. The molecule has 0 heterocycles. The Morgan fingerprint density at radius 1 is 1.00 bits per heavy atom. The van der Waals surface area contributed by atoms with Gasteiger partial charge in [0.25, 0.3) is 0 Å². The molecule has 0 unspecified atom stereocenters. The summed E-state index contributed by atoms with van der Waals surface area (Å²) in [7, 11) is 0. The zero-order valence-corrected chi connectivity index (χ0v) is 4.13. The monoisotopic (exact) mass is 168 g/mol. The summed E-state index contributed by atoms with van der Waals surface area (Å²) in [5.41, 5.74) is 0. The van der Waals surface area contributed by atoms with Gasteiger partial charge >= 0.3 is 64.5 Å². The number of hydrogen-bond donors (Lipinski definition) is 2. The molecule has 0 aromatic carbocycles. The van der Waals surface area contributed by atoms with E-state index >= 15 is 0 Å². The molecule has 2 N–H and O–H groups in total. The van der Waals surface area contributed by atoms with Gasteiger partial charge in [-0.25, -0.2) is 0 Å². The van der Waals surface area contributed by atoms with Gasteiger partial charge in [-0.1, -0.05) is 0 Å². The second-order valence-electron chi connectivity index (χ2n) is 1.29. The van der Waals surface area contributed by atoms with E-state index in [1.165, 1.54) is 0 Å². The topological polar surface area (TPSA) is 74.6 Å². The van der Waals surface area contributed by atoms with Gasteiger partial charge in [-0.3, -0.25) is 9.59 Å². The Balaban J connectivity index is -0.000000245. The van der Waals surface area contributed by atoms with E-state index in [0.717, 1.165) is 0 Å². The number of carboxylic acids is 2. The van der Waals surface area contributed by atoms with E-state index in [2.05, 4.69) is 0 Å². The van der Waals surface area contributed by atoms with Gasteiger partial charge in [0.1, 0.15) is 0 Å². The molecule has 0 saturated carbocycles. The molecular weight excluding hydrogens is 159 g/mol. The van der Waals surface area contributed by atoms with Crippen molar-refractivity contribution in [2.75, 3.05) is 0 Å². The Hall–Kier alpha value is 0.706. The third kappa shape index (κ3) is 15.9. The number of aliphatic carboxylic acids is 2. The zero-order chi connectivity index (χ0) is 6.57. The van der Waals surface area contributed by atoms with Crippen molar-refractivity contribution in [3.63, 3.8) is 0 Å². The molecule has 0 aliphatic heterocycles. The van der Waals surface area contributed by atoms with Crippen molar-refractivity contribution >= 4 is 64.5 Å². The van der Waals surface area contributed by atoms with Crippen LogP contribution in [0.15, 0.2) is 0 Å². The normalized spacial score (nSPS) is 6.80.